The first-order valence-corrected chi connectivity index (χ1v) is 7.72. The fraction of sp³-hybridized carbons (Fsp3) is 0.647. The topological polar surface area (TPSA) is 49.5 Å². The van der Waals surface area contributed by atoms with Crippen LogP contribution in [0.4, 0.5) is 0 Å². The molecule has 3 N–H and O–H groups in total. The van der Waals surface area contributed by atoms with E-state index in [2.05, 4.69) is 50.1 Å². The van der Waals surface area contributed by atoms with Crippen molar-refractivity contribution in [3.05, 3.63) is 35.4 Å². The summed E-state index contributed by atoms with van der Waals surface area (Å²) in [6, 6.07) is 8.94. The van der Waals surface area contributed by atoms with Crippen molar-refractivity contribution in [1.29, 1.82) is 0 Å². The smallest absolute Gasteiger partial charge is 0.0546 e. The third-order valence-electron chi connectivity index (χ3n) is 4.62. The second kappa shape index (κ2) is 6.70. The van der Waals surface area contributed by atoms with Crippen molar-refractivity contribution in [2.75, 3.05) is 13.6 Å². The van der Waals surface area contributed by atoms with Gasteiger partial charge in [-0.15, -0.1) is 0 Å². The highest BCUT2D eigenvalue weighted by molar-refractivity contribution is 5.30. The first kappa shape index (κ1) is 15.5. The molecule has 1 fully saturated rings. The van der Waals surface area contributed by atoms with E-state index in [0.29, 0.717) is 5.92 Å². The maximum absolute atomic E-state index is 9.44. The molecule has 2 atom stereocenters. The van der Waals surface area contributed by atoms with Gasteiger partial charge in [-0.3, -0.25) is 4.90 Å². The molecular weight excluding hydrogens is 248 g/mol. The first-order valence-electron chi connectivity index (χ1n) is 7.72. The minimum atomic E-state index is -0.0786. The molecule has 1 saturated carbocycles. The van der Waals surface area contributed by atoms with E-state index in [0.717, 1.165) is 25.8 Å². The highest BCUT2D eigenvalue weighted by Gasteiger charge is 2.31. The maximum atomic E-state index is 9.44. The van der Waals surface area contributed by atoms with E-state index in [1.54, 1.807) is 0 Å². The lowest BCUT2D eigenvalue weighted by molar-refractivity contribution is 0.0196. The van der Waals surface area contributed by atoms with Crippen molar-refractivity contribution in [2.24, 2.45) is 11.7 Å². The van der Waals surface area contributed by atoms with Crippen molar-refractivity contribution in [3.63, 3.8) is 0 Å². The molecule has 20 heavy (non-hydrogen) atoms. The number of hydrogen-bond donors (Lipinski definition) is 2. The zero-order chi connectivity index (χ0) is 14.7. The summed E-state index contributed by atoms with van der Waals surface area (Å²) in [5, 5.41) is 9.44. The van der Waals surface area contributed by atoms with Crippen LogP contribution in [0, 0.1) is 12.8 Å². The molecule has 0 spiro atoms. The number of nitrogens with zero attached hydrogens (tertiary/aromatic N) is 1. The summed E-state index contributed by atoms with van der Waals surface area (Å²) >= 11 is 0. The Balaban J connectivity index is 2.13. The van der Waals surface area contributed by atoms with Gasteiger partial charge in [-0.25, -0.2) is 0 Å². The van der Waals surface area contributed by atoms with Gasteiger partial charge >= 0.3 is 0 Å². The van der Waals surface area contributed by atoms with E-state index in [4.69, 9.17) is 5.73 Å². The third kappa shape index (κ3) is 3.40. The number of hydrogen-bond acceptors (Lipinski definition) is 3. The molecule has 1 aromatic rings. The molecule has 0 radical (unpaired) electrons. The minimum absolute atomic E-state index is 0.0786. The van der Waals surface area contributed by atoms with Crippen LogP contribution in [0.15, 0.2) is 24.3 Å². The molecule has 1 aliphatic rings. The largest absolute Gasteiger partial charge is 0.393 e. The van der Waals surface area contributed by atoms with Crippen LogP contribution in [-0.4, -0.2) is 35.7 Å². The monoisotopic (exact) mass is 276 g/mol. The predicted octanol–water partition coefficient (Wildman–Crippen LogP) is 2.48. The lowest BCUT2D eigenvalue weighted by Gasteiger charge is -2.40. The number of nitrogens with two attached hydrogens (primary N) is 1. The van der Waals surface area contributed by atoms with Crippen LogP contribution in [0.3, 0.4) is 0 Å². The van der Waals surface area contributed by atoms with Gasteiger partial charge in [0.1, 0.15) is 0 Å². The second-order valence-electron chi connectivity index (χ2n) is 6.30. The van der Waals surface area contributed by atoms with E-state index < -0.39 is 0 Å². The Morgan fingerprint density at radius 1 is 1.35 bits per heavy atom. The zero-order valence-corrected chi connectivity index (χ0v) is 12.9. The maximum Gasteiger partial charge on any atom is 0.0546 e. The van der Waals surface area contributed by atoms with Gasteiger partial charge in [0.15, 0.2) is 0 Å². The van der Waals surface area contributed by atoms with Gasteiger partial charge in [-0.1, -0.05) is 31.2 Å². The van der Waals surface area contributed by atoms with E-state index in [1.165, 1.54) is 11.1 Å². The van der Waals surface area contributed by atoms with Gasteiger partial charge in [-0.05, 0) is 50.3 Å². The SMILES string of the molecule is CCC(N)C(c1ccccc1C)N(C)CC1CC(O)C1. The van der Waals surface area contributed by atoms with Crippen LogP contribution >= 0.6 is 0 Å². The molecule has 3 nitrogen and oxygen atoms in total. The van der Waals surface area contributed by atoms with Crippen LogP contribution in [0.5, 0.6) is 0 Å². The molecule has 3 heteroatoms. The lowest BCUT2D eigenvalue weighted by atomic mass is 9.81. The lowest BCUT2D eigenvalue weighted by Crippen LogP contribution is -2.44. The van der Waals surface area contributed by atoms with E-state index in [1.807, 2.05) is 0 Å². The number of aliphatic hydroxyl groups excluding tert-OH is 1. The predicted molar refractivity (Wildman–Crippen MR) is 83.5 cm³/mol. The van der Waals surface area contributed by atoms with E-state index in [-0.39, 0.29) is 18.2 Å². The molecule has 0 aromatic heterocycles. The summed E-state index contributed by atoms with van der Waals surface area (Å²) < 4.78 is 0. The highest BCUT2D eigenvalue weighted by atomic mass is 16.3. The van der Waals surface area contributed by atoms with Gasteiger partial charge in [0.05, 0.1) is 6.10 Å². The summed E-state index contributed by atoms with van der Waals surface area (Å²) in [5.41, 5.74) is 9.04. The number of aliphatic hydroxyl groups is 1. The number of benzene rings is 1. The fourth-order valence-electron chi connectivity index (χ4n) is 3.31. The van der Waals surface area contributed by atoms with E-state index in [9.17, 15) is 5.11 Å². The molecule has 2 rings (SSSR count). The van der Waals surface area contributed by atoms with Crippen LogP contribution in [0.25, 0.3) is 0 Å². The Morgan fingerprint density at radius 3 is 2.55 bits per heavy atom. The molecule has 0 heterocycles. The average molecular weight is 276 g/mol. The highest BCUT2D eigenvalue weighted by Crippen LogP contribution is 2.32. The number of aryl methyl sites for hydroxylation is 1. The average Bonchev–Trinajstić information content (AvgIpc) is 2.39. The van der Waals surface area contributed by atoms with Gasteiger partial charge in [0, 0.05) is 18.6 Å². The van der Waals surface area contributed by atoms with Crippen molar-refractivity contribution < 1.29 is 5.11 Å². The zero-order valence-electron chi connectivity index (χ0n) is 12.9. The summed E-state index contributed by atoms with van der Waals surface area (Å²) in [4.78, 5) is 2.38. The molecule has 0 bridgehead atoms. The molecule has 0 saturated heterocycles. The molecule has 0 aliphatic heterocycles. The van der Waals surface area contributed by atoms with Crippen molar-refractivity contribution in [2.45, 2.75) is 51.3 Å². The van der Waals surface area contributed by atoms with Crippen LogP contribution < -0.4 is 5.73 Å². The number of likely N-dealkylation sites (N-methyl/N-ethyl adjacent to an activating group) is 1. The van der Waals surface area contributed by atoms with Crippen LogP contribution in [0.2, 0.25) is 0 Å². The first-order chi connectivity index (χ1) is 9.52. The quantitative estimate of drug-likeness (QED) is 0.839. The summed E-state index contributed by atoms with van der Waals surface area (Å²) in [6.45, 7) is 5.33. The minimum Gasteiger partial charge on any atom is -0.393 e. The Labute approximate surface area is 122 Å². The molecule has 112 valence electrons. The van der Waals surface area contributed by atoms with Gasteiger partial charge in [-0.2, -0.15) is 0 Å². The Hall–Kier alpha value is -0.900. The van der Waals surface area contributed by atoms with Gasteiger partial charge in [0.2, 0.25) is 0 Å². The second-order valence-corrected chi connectivity index (χ2v) is 6.30. The Kier molecular flexibility index (Phi) is 5.19. The molecule has 1 aromatic carbocycles. The van der Waals surface area contributed by atoms with Gasteiger partial charge in [0.25, 0.3) is 0 Å². The normalized spacial score (nSPS) is 25.3. The third-order valence-corrected chi connectivity index (χ3v) is 4.62. The van der Waals surface area contributed by atoms with E-state index >= 15 is 0 Å². The van der Waals surface area contributed by atoms with Crippen molar-refractivity contribution in [3.8, 4) is 0 Å². The van der Waals surface area contributed by atoms with Crippen molar-refractivity contribution in [1.82, 2.24) is 4.90 Å². The number of rotatable bonds is 6. The van der Waals surface area contributed by atoms with Crippen LogP contribution in [-0.2, 0) is 0 Å². The molecule has 1 aliphatic carbocycles. The summed E-state index contributed by atoms with van der Waals surface area (Å²) in [5.74, 6) is 0.616. The molecule has 2 unspecified atom stereocenters. The standard InChI is InChI=1S/C17H28N2O/c1-4-16(18)17(15-8-6-5-7-12(15)2)19(3)11-13-9-14(20)10-13/h5-8,13-14,16-17,20H,4,9-11,18H2,1-3H3. The molecule has 0 amide bonds. The summed E-state index contributed by atoms with van der Waals surface area (Å²) in [7, 11) is 2.16. The Bertz CT molecular complexity index is 429. The summed E-state index contributed by atoms with van der Waals surface area (Å²) in [6.07, 6.45) is 2.76. The Morgan fingerprint density at radius 2 is 2.00 bits per heavy atom. The molecular formula is C17H28N2O. The fourth-order valence-corrected chi connectivity index (χ4v) is 3.31. The van der Waals surface area contributed by atoms with Crippen molar-refractivity contribution >= 4 is 0 Å². The van der Waals surface area contributed by atoms with Gasteiger partial charge < -0.3 is 10.8 Å². The van der Waals surface area contributed by atoms with Crippen LogP contribution in [0.1, 0.15) is 43.4 Å².